The van der Waals surface area contributed by atoms with Crippen molar-refractivity contribution in [2.24, 2.45) is 0 Å². The monoisotopic (exact) mass is 387 g/mol. The van der Waals surface area contributed by atoms with E-state index in [0.717, 1.165) is 37.0 Å². The van der Waals surface area contributed by atoms with Crippen LogP contribution >= 0.6 is 0 Å². The fourth-order valence-corrected chi connectivity index (χ4v) is 3.66. The predicted molar refractivity (Wildman–Crippen MR) is 117 cm³/mol. The summed E-state index contributed by atoms with van der Waals surface area (Å²) in [5, 5.41) is 8.32. The van der Waals surface area contributed by atoms with E-state index in [-0.39, 0.29) is 18.4 Å². The van der Waals surface area contributed by atoms with Crippen LogP contribution in [0.3, 0.4) is 0 Å². The lowest BCUT2D eigenvalue weighted by Crippen LogP contribution is -2.35. The maximum atomic E-state index is 12.5. The van der Waals surface area contributed by atoms with Crippen molar-refractivity contribution in [1.82, 2.24) is 4.90 Å². The lowest BCUT2D eigenvalue weighted by atomic mass is 10.1. The average Bonchev–Trinajstić information content (AvgIpc) is 2.78. The predicted octanol–water partition coefficient (Wildman–Crippen LogP) is 4.52. The maximum absolute atomic E-state index is 12.5. The first-order chi connectivity index (χ1) is 14.2. The van der Waals surface area contributed by atoms with E-state index in [9.17, 15) is 9.59 Å². The Morgan fingerprint density at radius 2 is 1.48 bits per heavy atom. The average molecular weight is 387 g/mol. The van der Waals surface area contributed by atoms with Crippen LogP contribution < -0.4 is 10.6 Å². The number of rotatable bonds is 5. The Morgan fingerprint density at radius 1 is 0.793 bits per heavy atom. The number of anilines is 2. The molecular formula is C24H25N3O2. The molecular weight excluding hydrogens is 362 g/mol. The maximum Gasteiger partial charge on any atom is 0.253 e. The Bertz CT molecular complexity index is 1010. The fraction of sp³-hybridized carbons (Fsp3) is 0.250. The van der Waals surface area contributed by atoms with Gasteiger partial charge in [-0.05, 0) is 66.4 Å². The van der Waals surface area contributed by atoms with Gasteiger partial charge in [-0.25, -0.2) is 0 Å². The molecule has 0 aliphatic carbocycles. The standard InChI is InChI=1S/C24H25N3O2/c28-23(17-25-22-13-8-18-6-2-3-7-20(18)16-22)26-21-11-9-19(10-12-21)24(29)27-14-4-1-5-15-27/h2-3,6-13,16,25H,1,4-5,14-15,17H2,(H,26,28). The topological polar surface area (TPSA) is 61.4 Å². The van der Waals surface area contributed by atoms with Crippen molar-refractivity contribution in [3.63, 3.8) is 0 Å². The normalized spacial score (nSPS) is 13.9. The molecule has 1 heterocycles. The molecule has 1 fully saturated rings. The number of carbonyl (C=O) groups is 2. The molecule has 29 heavy (non-hydrogen) atoms. The minimum absolute atomic E-state index is 0.0700. The van der Waals surface area contributed by atoms with Crippen LogP contribution in [0.25, 0.3) is 10.8 Å². The summed E-state index contributed by atoms with van der Waals surface area (Å²) in [4.78, 5) is 26.7. The summed E-state index contributed by atoms with van der Waals surface area (Å²) in [5.41, 5.74) is 2.26. The lowest BCUT2D eigenvalue weighted by molar-refractivity contribution is -0.114. The van der Waals surface area contributed by atoms with Crippen LogP contribution in [0, 0.1) is 0 Å². The molecule has 4 rings (SSSR count). The molecule has 5 heteroatoms. The Kier molecular flexibility index (Phi) is 5.75. The zero-order chi connectivity index (χ0) is 20.1. The summed E-state index contributed by atoms with van der Waals surface area (Å²) in [6.45, 7) is 1.84. The molecule has 0 unspecified atom stereocenters. The first-order valence-electron chi connectivity index (χ1n) is 10.1. The zero-order valence-corrected chi connectivity index (χ0v) is 16.4. The van der Waals surface area contributed by atoms with E-state index in [1.165, 1.54) is 11.8 Å². The first kappa shape index (κ1) is 19.0. The van der Waals surface area contributed by atoms with E-state index >= 15 is 0 Å². The second-order valence-electron chi connectivity index (χ2n) is 7.39. The molecule has 0 radical (unpaired) electrons. The van der Waals surface area contributed by atoms with Crippen LogP contribution in [-0.4, -0.2) is 36.3 Å². The fourth-order valence-electron chi connectivity index (χ4n) is 3.66. The number of piperidine rings is 1. The van der Waals surface area contributed by atoms with Crippen molar-refractivity contribution in [1.29, 1.82) is 0 Å². The number of benzene rings is 3. The molecule has 0 spiro atoms. The summed E-state index contributed by atoms with van der Waals surface area (Å²) < 4.78 is 0. The van der Waals surface area contributed by atoms with Gasteiger partial charge in [-0.15, -0.1) is 0 Å². The van der Waals surface area contributed by atoms with Gasteiger partial charge in [-0.1, -0.05) is 30.3 Å². The van der Waals surface area contributed by atoms with Crippen LogP contribution in [-0.2, 0) is 4.79 Å². The lowest BCUT2D eigenvalue weighted by Gasteiger charge is -2.26. The Hall–Kier alpha value is -3.34. The minimum atomic E-state index is -0.131. The van der Waals surface area contributed by atoms with Gasteiger partial charge in [0.05, 0.1) is 6.54 Å². The summed E-state index contributed by atoms with van der Waals surface area (Å²) in [6.07, 6.45) is 3.34. The number of nitrogens with one attached hydrogen (secondary N) is 2. The van der Waals surface area contributed by atoms with Crippen molar-refractivity contribution in [2.75, 3.05) is 30.3 Å². The quantitative estimate of drug-likeness (QED) is 0.677. The third-order valence-corrected chi connectivity index (χ3v) is 5.26. The number of nitrogens with zero attached hydrogens (tertiary/aromatic N) is 1. The van der Waals surface area contributed by atoms with Crippen LogP contribution in [0.5, 0.6) is 0 Å². The molecule has 3 aromatic carbocycles. The molecule has 5 nitrogen and oxygen atoms in total. The van der Waals surface area contributed by atoms with Crippen molar-refractivity contribution < 1.29 is 9.59 Å². The molecule has 0 aromatic heterocycles. The number of carbonyl (C=O) groups excluding carboxylic acids is 2. The van der Waals surface area contributed by atoms with Crippen LogP contribution in [0.4, 0.5) is 11.4 Å². The van der Waals surface area contributed by atoms with Crippen molar-refractivity contribution in [3.05, 3.63) is 72.3 Å². The van der Waals surface area contributed by atoms with Gasteiger partial charge in [-0.3, -0.25) is 9.59 Å². The number of hydrogen-bond donors (Lipinski definition) is 2. The molecule has 3 aromatic rings. The second-order valence-corrected chi connectivity index (χ2v) is 7.39. The molecule has 2 amide bonds. The SMILES string of the molecule is O=C(CNc1ccc2ccccc2c1)Nc1ccc(C(=O)N2CCCCC2)cc1. The molecule has 0 saturated carbocycles. The number of fused-ring (bicyclic) bond motifs is 1. The molecule has 1 aliphatic rings. The summed E-state index contributed by atoms with van der Waals surface area (Å²) >= 11 is 0. The molecule has 2 N–H and O–H groups in total. The van der Waals surface area contributed by atoms with Gasteiger partial charge in [0, 0.05) is 30.0 Å². The zero-order valence-electron chi connectivity index (χ0n) is 16.4. The molecule has 1 saturated heterocycles. The number of likely N-dealkylation sites (tertiary alicyclic amines) is 1. The first-order valence-corrected chi connectivity index (χ1v) is 10.1. The summed E-state index contributed by atoms with van der Waals surface area (Å²) in [5.74, 6) is -0.0613. The van der Waals surface area contributed by atoms with E-state index < -0.39 is 0 Å². The van der Waals surface area contributed by atoms with Gasteiger partial charge in [0.25, 0.3) is 5.91 Å². The largest absolute Gasteiger partial charge is 0.376 e. The minimum Gasteiger partial charge on any atom is -0.376 e. The van der Waals surface area contributed by atoms with Gasteiger partial charge in [0.2, 0.25) is 5.91 Å². The Labute approximate surface area is 170 Å². The van der Waals surface area contributed by atoms with Crippen LogP contribution in [0.2, 0.25) is 0 Å². The van der Waals surface area contributed by atoms with Crippen molar-refractivity contribution in [3.8, 4) is 0 Å². The Balaban J connectivity index is 1.31. The Morgan fingerprint density at radius 3 is 2.24 bits per heavy atom. The van der Waals surface area contributed by atoms with Gasteiger partial charge >= 0.3 is 0 Å². The van der Waals surface area contributed by atoms with Gasteiger partial charge in [0.1, 0.15) is 0 Å². The number of hydrogen-bond acceptors (Lipinski definition) is 3. The van der Waals surface area contributed by atoms with E-state index in [1.54, 1.807) is 24.3 Å². The molecule has 148 valence electrons. The van der Waals surface area contributed by atoms with Crippen molar-refractivity contribution >= 4 is 34.0 Å². The smallest absolute Gasteiger partial charge is 0.253 e. The highest BCUT2D eigenvalue weighted by molar-refractivity contribution is 5.97. The van der Waals surface area contributed by atoms with E-state index in [2.05, 4.69) is 16.7 Å². The van der Waals surface area contributed by atoms with E-state index in [1.807, 2.05) is 41.3 Å². The van der Waals surface area contributed by atoms with Gasteiger partial charge < -0.3 is 15.5 Å². The molecule has 1 aliphatic heterocycles. The molecule has 0 bridgehead atoms. The third-order valence-electron chi connectivity index (χ3n) is 5.26. The highest BCUT2D eigenvalue weighted by Gasteiger charge is 2.17. The van der Waals surface area contributed by atoms with E-state index in [4.69, 9.17) is 0 Å². The second kappa shape index (κ2) is 8.78. The highest BCUT2D eigenvalue weighted by Crippen LogP contribution is 2.19. The summed E-state index contributed by atoms with van der Waals surface area (Å²) in [7, 11) is 0. The van der Waals surface area contributed by atoms with Crippen LogP contribution in [0.15, 0.2) is 66.7 Å². The van der Waals surface area contributed by atoms with Gasteiger partial charge in [0.15, 0.2) is 0 Å². The number of amides is 2. The summed E-state index contributed by atoms with van der Waals surface area (Å²) in [6, 6.07) is 21.3. The van der Waals surface area contributed by atoms with Crippen molar-refractivity contribution in [2.45, 2.75) is 19.3 Å². The molecule has 0 atom stereocenters. The highest BCUT2D eigenvalue weighted by atomic mass is 16.2. The third kappa shape index (κ3) is 4.74. The van der Waals surface area contributed by atoms with Gasteiger partial charge in [-0.2, -0.15) is 0 Å². The van der Waals surface area contributed by atoms with E-state index in [0.29, 0.717) is 11.3 Å². The van der Waals surface area contributed by atoms with Crippen LogP contribution in [0.1, 0.15) is 29.6 Å².